The summed E-state index contributed by atoms with van der Waals surface area (Å²) in [6.07, 6.45) is 0.932. The zero-order chi connectivity index (χ0) is 15.7. The average molecular weight is 294 g/mol. The molecule has 0 fully saturated rings. The van der Waals surface area contributed by atoms with Crippen LogP contribution in [0.25, 0.3) is 0 Å². The molecule has 0 saturated carbocycles. The smallest absolute Gasteiger partial charge is 0.315 e. The Balaban J connectivity index is 2.32. The fraction of sp³-hybridized carbons (Fsp3) is 0.562. The highest BCUT2D eigenvalue weighted by Gasteiger charge is 2.10. The molecule has 0 bridgehead atoms. The zero-order valence-electron chi connectivity index (χ0n) is 13.1. The molecule has 0 aliphatic rings. The maximum absolute atomic E-state index is 11.8. The molecule has 0 aliphatic carbocycles. The highest BCUT2D eigenvalue weighted by molar-refractivity contribution is 5.74. The number of benzene rings is 1. The van der Waals surface area contributed by atoms with Gasteiger partial charge >= 0.3 is 6.03 Å². The number of carbonyl (C=O) groups excluding carboxylic acids is 1. The van der Waals surface area contributed by atoms with Crippen LogP contribution in [0.15, 0.2) is 24.3 Å². The van der Waals surface area contributed by atoms with E-state index >= 15 is 0 Å². The molecule has 0 heterocycles. The summed E-state index contributed by atoms with van der Waals surface area (Å²) in [5.41, 5.74) is 2.35. The van der Waals surface area contributed by atoms with Gasteiger partial charge in [0.1, 0.15) is 0 Å². The van der Waals surface area contributed by atoms with Gasteiger partial charge in [0.05, 0.1) is 18.8 Å². The molecule has 0 saturated heterocycles. The van der Waals surface area contributed by atoms with E-state index in [1.54, 1.807) is 0 Å². The normalized spacial score (nSPS) is 13.5. The van der Waals surface area contributed by atoms with Gasteiger partial charge in [-0.3, -0.25) is 0 Å². The van der Waals surface area contributed by atoms with Crippen LogP contribution in [0.2, 0.25) is 0 Å². The Morgan fingerprint density at radius 3 is 2.57 bits per heavy atom. The maximum atomic E-state index is 11.8. The predicted octanol–water partition coefficient (Wildman–Crippen LogP) is 2.01. The van der Waals surface area contributed by atoms with Crippen molar-refractivity contribution < 1.29 is 14.6 Å². The van der Waals surface area contributed by atoms with Crippen LogP contribution in [0, 0.1) is 0 Å². The minimum absolute atomic E-state index is 0.0557. The number of methoxy groups -OCH3 is 1. The summed E-state index contributed by atoms with van der Waals surface area (Å²) in [4.78, 5) is 11.8. The van der Waals surface area contributed by atoms with Gasteiger partial charge < -0.3 is 20.5 Å². The quantitative estimate of drug-likeness (QED) is 0.687. The topological polar surface area (TPSA) is 70.6 Å². The first-order valence-corrected chi connectivity index (χ1v) is 7.37. The third-order valence-corrected chi connectivity index (χ3v) is 3.36. The molecule has 0 radical (unpaired) electrons. The van der Waals surface area contributed by atoms with Crippen molar-refractivity contribution in [3.05, 3.63) is 35.4 Å². The number of rotatable bonds is 8. The van der Waals surface area contributed by atoms with Crippen LogP contribution in [0.4, 0.5) is 4.79 Å². The number of hydrogen-bond donors (Lipinski definition) is 3. The fourth-order valence-corrected chi connectivity index (χ4v) is 2.00. The van der Waals surface area contributed by atoms with Gasteiger partial charge in [0.25, 0.3) is 0 Å². The Morgan fingerprint density at radius 1 is 1.33 bits per heavy atom. The van der Waals surface area contributed by atoms with Gasteiger partial charge in [-0.2, -0.15) is 0 Å². The fourth-order valence-electron chi connectivity index (χ4n) is 2.00. The van der Waals surface area contributed by atoms with Crippen molar-refractivity contribution in [1.82, 2.24) is 10.6 Å². The molecule has 2 unspecified atom stereocenters. The summed E-state index contributed by atoms with van der Waals surface area (Å²) in [5, 5.41) is 15.1. The number of hydrogen-bond acceptors (Lipinski definition) is 3. The molecule has 0 aromatic heterocycles. The number of aryl methyl sites for hydroxylation is 1. The van der Waals surface area contributed by atoms with Crippen LogP contribution < -0.4 is 10.6 Å². The molecule has 0 aliphatic heterocycles. The Labute approximate surface area is 126 Å². The molecule has 118 valence electrons. The number of nitrogens with one attached hydrogen (secondary N) is 2. The van der Waals surface area contributed by atoms with Crippen LogP contribution >= 0.6 is 0 Å². The van der Waals surface area contributed by atoms with Crippen molar-refractivity contribution in [2.75, 3.05) is 20.3 Å². The second kappa shape index (κ2) is 9.37. The molecular weight excluding hydrogens is 268 g/mol. The van der Waals surface area contributed by atoms with Crippen molar-refractivity contribution in [3.8, 4) is 0 Å². The van der Waals surface area contributed by atoms with Crippen LogP contribution in [-0.2, 0) is 11.2 Å². The van der Waals surface area contributed by atoms with Crippen molar-refractivity contribution in [2.24, 2.45) is 0 Å². The van der Waals surface area contributed by atoms with Gasteiger partial charge in [-0.15, -0.1) is 0 Å². The Kier molecular flexibility index (Phi) is 7.79. The van der Waals surface area contributed by atoms with E-state index in [1.165, 1.54) is 12.7 Å². The van der Waals surface area contributed by atoms with E-state index < -0.39 is 6.10 Å². The molecule has 0 spiro atoms. The van der Waals surface area contributed by atoms with E-state index in [0.717, 1.165) is 12.0 Å². The second-order valence-electron chi connectivity index (χ2n) is 5.11. The van der Waals surface area contributed by atoms with E-state index in [4.69, 9.17) is 4.74 Å². The summed E-state index contributed by atoms with van der Waals surface area (Å²) < 4.78 is 4.82. The largest absolute Gasteiger partial charge is 0.391 e. The highest BCUT2D eigenvalue weighted by Crippen LogP contribution is 2.13. The maximum Gasteiger partial charge on any atom is 0.315 e. The Bertz CT molecular complexity index is 420. The monoisotopic (exact) mass is 294 g/mol. The van der Waals surface area contributed by atoms with Gasteiger partial charge in [0.2, 0.25) is 0 Å². The summed E-state index contributed by atoms with van der Waals surface area (Å²) >= 11 is 0. The van der Waals surface area contributed by atoms with Crippen molar-refractivity contribution in [3.63, 3.8) is 0 Å². The van der Waals surface area contributed by atoms with E-state index in [-0.39, 0.29) is 18.7 Å². The minimum Gasteiger partial charge on any atom is -0.391 e. The molecule has 2 amide bonds. The van der Waals surface area contributed by atoms with E-state index in [1.807, 2.05) is 19.1 Å². The summed E-state index contributed by atoms with van der Waals surface area (Å²) in [5.74, 6) is 0. The van der Waals surface area contributed by atoms with Crippen LogP contribution in [0.3, 0.4) is 0 Å². The number of amides is 2. The van der Waals surface area contributed by atoms with Gasteiger partial charge in [0.15, 0.2) is 0 Å². The number of aliphatic hydroxyl groups excluding tert-OH is 1. The standard InChI is InChI=1S/C16H26N2O3/c1-4-13-5-7-14(8-6-13)12(2)18-16(20)17-10-9-15(19)11-21-3/h5-8,12,15,19H,4,9-11H2,1-3H3,(H2,17,18,20). The van der Waals surface area contributed by atoms with Gasteiger partial charge in [-0.25, -0.2) is 4.79 Å². The summed E-state index contributed by atoms with van der Waals surface area (Å²) in [6, 6.07) is 7.93. The Hall–Kier alpha value is -1.59. The van der Waals surface area contributed by atoms with Crippen LogP contribution in [0.5, 0.6) is 0 Å². The molecule has 5 nitrogen and oxygen atoms in total. The van der Waals surface area contributed by atoms with Crippen molar-refractivity contribution in [1.29, 1.82) is 0 Å². The first-order chi connectivity index (χ1) is 10.1. The van der Waals surface area contributed by atoms with Gasteiger partial charge in [0, 0.05) is 13.7 Å². The molecule has 3 N–H and O–H groups in total. The van der Waals surface area contributed by atoms with Crippen LogP contribution in [0.1, 0.15) is 37.4 Å². The molecule has 5 heteroatoms. The highest BCUT2D eigenvalue weighted by atomic mass is 16.5. The number of ether oxygens (including phenoxy) is 1. The first kappa shape index (κ1) is 17.5. The molecule has 2 atom stereocenters. The molecule has 21 heavy (non-hydrogen) atoms. The van der Waals surface area contributed by atoms with Gasteiger partial charge in [-0.1, -0.05) is 31.2 Å². The van der Waals surface area contributed by atoms with E-state index in [9.17, 15) is 9.90 Å². The molecule has 1 aromatic carbocycles. The van der Waals surface area contributed by atoms with E-state index in [0.29, 0.717) is 13.0 Å². The number of aliphatic hydroxyl groups is 1. The summed E-state index contributed by atoms with van der Waals surface area (Å²) in [7, 11) is 1.54. The number of urea groups is 1. The molecule has 1 aromatic rings. The lowest BCUT2D eigenvalue weighted by Crippen LogP contribution is -2.38. The minimum atomic E-state index is -0.547. The lowest BCUT2D eigenvalue weighted by atomic mass is 10.1. The predicted molar refractivity (Wildman–Crippen MR) is 83.3 cm³/mol. The number of carbonyl (C=O) groups is 1. The first-order valence-electron chi connectivity index (χ1n) is 7.37. The molecular formula is C16H26N2O3. The lowest BCUT2D eigenvalue weighted by Gasteiger charge is -2.16. The second-order valence-corrected chi connectivity index (χ2v) is 5.11. The van der Waals surface area contributed by atoms with Crippen molar-refractivity contribution >= 4 is 6.03 Å². The molecule has 1 rings (SSSR count). The van der Waals surface area contributed by atoms with Crippen LogP contribution in [-0.4, -0.2) is 37.5 Å². The third-order valence-electron chi connectivity index (χ3n) is 3.36. The Morgan fingerprint density at radius 2 is 2.00 bits per heavy atom. The van der Waals surface area contributed by atoms with E-state index in [2.05, 4.69) is 29.7 Å². The summed E-state index contributed by atoms with van der Waals surface area (Å²) in [6.45, 7) is 4.75. The van der Waals surface area contributed by atoms with Crippen molar-refractivity contribution in [2.45, 2.75) is 38.8 Å². The van der Waals surface area contributed by atoms with Gasteiger partial charge in [-0.05, 0) is 30.9 Å². The zero-order valence-corrected chi connectivity index (χ0v) is 13.1. The lowest BCUT2D eigenvalue weighted by molar-refractivity contribution is 0.0598. The SMILES string of the molecule is CCc1ccc(C(C)NC(=O)NCCC(O)COC)cc1. The average Bonchev–Trinajstić information content (AvgIpc) is 2.47. The third kappa shape index (κ3) is 6.60.